The molecule has 0 unspecified atom stereocenters. The molecule has 0 aliphatic heterocycles. The first-order valence-electron chi connectivity index (χ1n) is 7.63. The van der Waals surface area contributed by atoms with Crippen LogP contribution in [-0.2, 0) is 0 Å². The number of aromatic amines is 1. The standard InChI is InChI=1S/C18H19N3O3/c1-4-24-15-9-8-13(11-16(15)23-3)18-19-17(20-21-18)12-6-5-7-14(10-12)22-2/h5-11H,4H2,1-3H3,(H,19,20,21). The first-order valence-corrected chi connectivity index (χ1v) is 7.63. The maximum absolute atomic E-state index is 5.53. The number of hydrogen-bond acceptors (Lipinski definition) is 5. The van der Waals surface area contributed by atoms with Gasteiger partial charge in [-0.15, -0.1) is 0 Å². The van der Waals surface area contributed by atoms with Gasteiger partial charge in [0.15, 0.2) is 23.1 Å². The molecule has 0 aliphatic carbocycles. The van der Waals surface area contributed by atoms with E-state index in [0.717, 1.165) is 16.9 Å². The van der Waals surface area contributed by atoms with E-state index in [0.29, 0.717) is 29.8 Å². The molecule has 3 rings (SSSR count). The van der Waals surface area contributed by atoms with Crippen molar-refractivity contribution in [1.29, 1.82) is 0 Å². The van der Waals surface area contributed by atoms with Gasteiger partial charge in [0.05, 0.1) is 20.8 Å². The predicted molar refractivity (Wildman–Crippen MR) is 91.5 cm³/mol. The van der Waals surface area contributed by atoms with Gasteiger partial charge < -0.3 is 14.2 Å². The molecular formula is C18H19N3O3. The van der Waals surface area contributed by atoms with Crippen molar-refractivity contribution in [2.75, 3.05) is 20.8 Å². The topological polar surface area (TPSA) is 69.3 Å². The first kappa shape index (κ1) is 15.9. The Labute approximate surface area is 140 Å². The van der Waals surface area contributed by atoms with E-state index < -0.39 is 0 Å². The van der Waals surface area contributed by atoms with Crippen LogP contribution in [0.4, 0.5) is 0 Å². The summed E-state index contributed by atoms with van der Waals surface area (Å²) in [5, 5.41) is 7.25. The summed E-state index contributed by atoms with van der Waals surface area (Å²) in [6.45, 7) is 2.52. The monoisotopic (exact) mass is 325 g/mol. The van der Waals surface area contributed by atoms with Crippen molar-refractivity contribution in [1.82, 2.24) is 15.2 Å². The Bertz CT molecular complexity index is 830. The fourth-order valence-electron chi connectivity index (χ4n) is 2.37. The lowest BCUT2D eigenvalue weighted by atomic mass is 10.2. The van der Waals surface area contributed by atoms with Gasteiger partial charge in [0.1, 0.15) is 5.75 Å². The molecule has 0 saturated carbocycles. The van der Waals surface area contributed by atoms with Gasteiger partial charge in [0, 0.05) is 11.1 Å². The second-order valence-electron chi connectivity index (χ2n) is 5.04. The third-order valence-electron chi connectivity index (χ3n) is 3.55. The Balaban J connectivity index is 1.92. The molecule has 1 aromatic heterocycles. The summed E-state index contributed by atoms with van der Waals surface area (Å²) >= 11 is 0. The van der Waals surface area contributed by atoms with E-state index >= 15 is 0 Å². The number of benzene rings is 2. The zero-order valence-corrected chi connectivity index (χ0v) is 13.9. The third-order valence-corrected chi connectivity index (χ3v) is 3.55. The molecule has 1 heterocycles. The molecule has 3 aromatic rings. The molecule has 6 heteroatoms. The maximum Gasteiger partial charge on any atom is 0.181 e. The summed E-state index contributed by atoms with van der Waals surface area (Å²) in [6, 6.07) is 13.3. The number of H-pyrrole nitrogens is 1. The van der Waals surface area contributed by atoms with Crippen LogP contribution in [0.3, 0.4) is 0 Å². The van der Waals surface area contributed by atoms with Gasteiger partial charge in [0.2, 0.25) is 0 Å². The van der Waals surface area contributed by atoms with Crippen molar-refractivity contribution in [2.45, 2.75) is 6.92 Å². The molecule has 124 valence electrons. The summed E-state index contributed by atoms with van der Waals surface area (Å²) in [4.78, 5) is 4.56. The minimum Gasteiger partial charge on any atom is -0.497 e. The molecule has 6 nitrogen and oxygen atoms in total. The van der Waals surface area contributed by atoms with Crippen molar-refractivity contribution in [3.63, 3.8) is 0 Å². The number of methoxy groups -OCH3 is 2. The van der Waals surface area contributed by atoms with Crippen LogP contribution >= 0.6 is 0 Å². The number of rotatable bonds is 6. The van der Waals surface area contributed by atoms with Crippen molar-refractivity contribution < 1.29 is 14.2 Å². The van der Waals surface area contributed by atoms with Gasteiger partial charge in [0.25, 0.3) is 0 Å². The van der Waals surface area contributed by atoms with Crippen LogP contribution in [0.2, 0.25) is 0 Å². The zero-order valence-electron chi connectivity index (χ0n) is 13.9. The molecule has 0 radical (unpaired) electrons. The summed E-state index contributed by atoms with van der Waals surface area (Å²) in [5.41, 5.74) is 1.76. The first-order chi connectivity index (χ1) is 11.7. The number of hydrogen-bond donors (Lipinski definition) is 1. The largest absolute Gasteiger partial charge is 0.497 e. The molecule has 0 bridgehead atoms. The Kier molecular flexibility index (Phi) is 4.65. The molecule has 0 aliphatic rings. The second-order valence-corrected chi connectivity index (χ2v) is 5.04. The Morgan fingerprint density at radius 1 is 0.958 bits per heavy atom. The zero-order chi connectivity index (χ0) is 16.9. The molecule has 0 spiro atoms. The SMILES string of the molecule is CCOc1ccc(-c2nc(-c3cccc(OC)c3)n[nH]2)cc1OC. The van der Waals surface area contributed by atoms with Gasteiger partial charge in [-0.3, -0.25) is 5.10 Å². The van der Waals surface area contributed by atoms with E-state index in [1.165, 1.54) is 0 Å². The quantitative estimate of drug-likeness (QED) is 0.750. The van der Waals surface area contributed by atoms with E-state index in [1.54, 1.807) is 14.2 Å². The highest BCUT2D eigenvalue weighted by atomic mass is 16.5. The Morgan fingerprint density at radius 2 is 1.83 bits per heavy atom. The van der Waals surface area contributed by atoms with Crippen LogP contribution in [0.1, 0.15) is 6.92 Å². The molecule has 0 saturated heterocycles. The predicted octanol–water partition coefficient (Wildman–Crippen LogP) is 3.55. The molecular weight excluding hydrogens is 306 g/mol. The number of ether oxygens (including phenoxy) is 3. The smallest absolute Gasteiger partial charge is 0.181 e. The fourth-order valence-corrected chi connectivity index (χ4v) is 2.37. The second kappa shape index (κ2) is 7.04. The van der Waals surface area contributed by atoms with Crippen LogP contribution in [0.25, 0.3) is 22.8 Å². The van der Waals surface area contributed by atoms with Crippen LogP contribution in [0.5, 0.6) is 17.2 Å². The van der Waals surface area contributed by atoms with E-state index in [-0.39, 0.29) is 0 Å². The number of aromatic nitrogens is 3. The average Bonchev–Trinajstić information content (AvgIpc) is 3.12. The highest BCUT2D eigenvalue weighted by Crippen LogP contribution is 2.32. The van der Waals surface area contributed by atoms with Crippen LogP contribution in [0.15, 0.2) is 42.5 Å². The summed E-state index contributed by atoms with van der Waals surface area (Å²) in [7, 11) is 3.25. The summed E-state index contributed by atoms with van der Waals surface area (Å²) in [6.07, 6.45) is 0. The molecule has 24 heavy (non-hydrogen) atoms. The maximum atomic E-state index is 5.53. The van der Waals surface area contributed by atoms with Crippen molar-refractivity contribution in [3.05, 3.63) is 42.5 Å². The molecule has 2 aromatic carbocycles. The lowest BCUT2D eigenvalue weighted by Gasteiger charge is -2.09. The van der Waals surface area contributed by atoms with Gasteiger partial charge in [-0.25, -0.2) is 4.98 Å². The van der Waals surface area contributed by atoms with Crippen LogP contribution in [-0.4, -0.2) is 36.0 Å². The normalized spacial score (nSPS) is 10.5. The lowest BCUT2D eigenvalue weighted by Crippen LogP contribution is -1.95. The third kappa shape index (κ3) is 3.17. The molecule has 0 amide bonds. The van der Waals surface area contributed by atoms with Gasteiger partial charge >= 0.3 is 0 Å². The van der Waals surface area contributed by atoms with Gasteiger partial charge in [-0.05, 0) is 37.3 Å². The highest BCUT2D eigenvalue weighted by molar-refractivity contribution is 5.64. The minimum absolute atomic E-state index is 0.581. The van der Waals surface area contributed by atoms with Gasteiger partial charge in [-0.1, -0.05) is 12.1 Å². The van der Waals surface area contributed by atoms with Crippen molar-refractivity contribution >= 4 is 0 Å². The van der Waals surface area contributed by atoms with E-state index in [9.17, 15) is 0 Å². The van der Waals surface area contributed by atoms with E-state index in [4.69, 9.17) is 14.2 Å². The summed E-state index contributed by atoms with van der Waals surface area (Å²) < 4.78 is 16.1. The Hall–Kier alpha value is -3.02. The molecule has 0 fully saturated rings. The highest BCUT2D eigenvalue weighted by Gasteiger charge is 2.11. The average molecular weight is 325 g/mol. The van der Waals surface area contributed by atoms with Crippen molar-refractivity contribution in [3.8, 4) is 40.0 Å². The molecule has 1 N–H and O–H groups in total. The number of nitrogens with zero attached hydrogens (tertiary/aromatic N) is 2. The lowest BCUT2D eigenvalue weighted by molar-refractivity contribution is 0.311. The van der Waals surface area contributed by atoms with E-state index in [1.807, 2.05) is 49.4 Å². The summed E-state index contributed by atoms with van der Waals surface area (Å²) in [5.74, 6) is 3.40. The number of nitrogens with one attached hydrogen (secondary N) is 1. The van der Waals surface area contributed by atoms with Crippen LogP contribution in [0, 0.1) is 0 Å². The Morgan fingerprint density at radius 3 is 2.58 bits per heavy atom. The van der Waals surface area contributed by atoms with Gasteiger partial charge in [-0.2, -0.15) is 5.10 Å². The van der Waals surface area contributed by atoms with E-state index in [2.05, 4.69) is 15.2 Å². The van der Waals surface area contributed by atoms with Crippen molar-refractivity contribution in [2.24, 2.45) is 0 Å². The minimum atomic E-state index is 0.581. The molecule has 0 atom stereocenters. The van der Waals surface area contributed by atoms with Crippen LogP contribution < -0.4 is 14.2 Å². The fraction of sp³-hybridized carbons (Fsp3) is 0.222.